The molecule has 7 heteroatoms. The van der Waals surface area contributed by atoms with Crippen LogP contribution in [0.5, 0.6) is 5.75 Å². The highest BCUT2D eigenvalue weighted by atomic mass is 32.2. The summed E-state index contributed by atoms with van der Waals surface area (Å²) in [7, 11) is -2.18. The van der Waals surface area contributed by atoms with E-state index in [2.05, 4.69) is 4.72 Å². The molecule has 1 saturated heterocycles. The fourth-order valence-electron chi connectivity index (χ4n) is 2.47. The number of hydrogen-bond donors (Lipinski definition) is 1. The summed E-state index contributed by atoms with van der Waals surface area (Å²) < 4.78 is 34.1. The molecule has 1 aromatic rings. The summed E-state index contributed by atoms with van der Waals surface area (Å²) in [4.78, 5) is 0. The lowest BCUT2D eigenvalue weighted by Crippen LogP contribution is -2.44. The van der Waals surface area contributed by atoms with Gasteiger partial charge in [0.1, 0.15) is 5.75 Å². The summed E-state index contributed by atoms with van der Waals surface area (Å²) in [6, 6.07) is 6.59. The van der Waals surface area contributed by atoms with E-state index in [-0.39, 0.29) is 6.04 Å². The highest BCUT2D eigenvalue weighted by molar-refractivity contribution is 7.90. The van der Waals surface area contributed by atoms with Crippen molar-refractivity contribution in [3.8, 4) is 11.8 Å². The van der Waals surface area contributed by atoms with E-state index in [4.69, 9.17) is 10.00 Å². The first kappa shape index (κ1) is 15.6. The number of benzene rings is 1. The largest absolute Gasteiger partial charge is 0.495 e. The smallest absolute Gasteiger partial charge is 0.302 e. The van der Waals surface area contributed by atoms with Gasteiger partial charge in [-0.15, -0.1) is 0 Å². The molecule has 0 aromatic heterocycles. The van der Waals surface area contributed by atoms with Crippen LogP contribution >= 0.6 is 0 Å². The number of anilines is 1. The molecule has 1 fully saturated rings. The summed E-state index contributed by atoms with van der Waals surface area (Å²) >= 11 is 0. The van der Waals surface area contributed by atoms with Crippen LogP contribution in [0, 0.1) is 11.3 Å². The van der Waals surface area contributed by atoms with Crippen LogP contribution < -0.4 is 9.46 Å². The van der Waals surface area contributed by atoms with E-state index < -0.39 is 10.2 Å². The Morgan fingerprint density at radius 1 is 1.43 bits per heavy atom. The summed E-state index contributed by atoms with van der Waals surface area (Å²) in [6.07, 6.45) is 2.79. The van der Waals surface area contributed by atoms with Gasteiger partial charge in [-0.25, -0.2) is 0 Å². The number of methoxy groups -OCH3 is 1. The third kappa shape index (κ3) is 3.46. The second kappa shape index (κ2) is 6.33. The SMILES string of the molecule is COc1cc(C#N)ccc1NS(=O)(=O)N1CCCCC1C. The maximum atomic E-state index is 12.5. The maximum absolute atomic E-state index is 12.5. The highest BCUT2D eigenvalue weighted by Gasteiger charge is 2.30. The standard InChI is InChI=1S/C14H19N3O3S/c1-11-5-3-4-8-17(11)21(18,19)16-13-7-6-12(10-15)9-14(13)20-2/h6-7,9,11,16H,3-5,8H2,1-2H3. The van der Waals surface area contributed by atoms with Crippen LogP contribution in [0.3, 0.4) is 0 Å². The molecule has 1 aliphatic heterocycles. The van der Waals surface area contributed by atoms with Gasteiger partial charge in [0.25, 0.3) is 0 Å². The Labute approximate surface area is 125 Å². The number of ether oxygens (including phenoxy) is 1. The molecule has 1 aromatic carbocycles. The summed E-state index contributed by atoms with van der Waals surface area (Å²) in [5.41, 5.74) is 0.760. The molecule has 0 bridgehead atoms. The lowest BCUT2D eigenvalue weighted by atomic mass is 10.1. The average molecular weight is 309 g/mol. The third-order valence-corrected chi connectivity index (χ3v) is 5.26. The first-order valence-electron chi connectivity index (χ1n) is 6.85. The molecule has 0 radical (unpaired) electrons. The molecule has 6 nitrogen and oxygen atoms in total. The predicted molar refractivity (Wildman–Crippen MR) is 80.3 cm³/mol. The zero-order valence-corrected chi connectivity index (χ0v) is 13.0. The van der Waals surface area contributed by atoms with Crippen molar-refractivity contribution in [2.24, 2.45) is 0 Å². The van der Waals surface area contributed by atoms with Gasteiger partial charge in [0.05, 0.1) is 24.4 Å². The molecule has 114 valence electrons. The minimum Gasteiger partial charge on any atom is -0.495 e. The Morgan fingerprint density at radius 2 is 2.19 bits per heavy atom. The van der Waals surface area contributed by atoms with Crippen molar-refractivity contribution in [1.82, 2.24) is 4.31 Å². The molecule has 1 atom stereocenters. The quantitative estimate of drug-likeness (QED) is 0.923. The molecule has 1 aliphatic rings. The van der Waals surface area contributed by atoms with E-state index in [0.717, 1.165) is 19.3 Å². The van der Waals surface area contributed by atoms with Gasteiger partial charge in [-0.3, -0.25) is 4.72 Å². The molecule has 0 amide bonds. The molecule has 1 heterocycles. The van der Waals surface area contributed by atoms with E-state index in [0.29, 0.717) is 23.5 Å². The summed E-state index contributed by atoms with van der Waals surface area (Å²) in [5, 5.41) is 8.87. The zero-order chi connectivity index (χ0) is 15.5. The van der Waals surface area contributed by atoms with Crippen molar-refractivity contribution in [2.75, 3.05) is 18.4 Å². The second-order valence-corrected chi connectivity index (χ2v) is 6.71. The van der Waals surface area contributed by atoms with E-state index >= 15 is 0 Å². The molecular weight excluding hydrogens is 290 g/mol. The Balaban J connectivity index is 2.26. The Hall–Kier alpha value is -1.78. The maximum Gasteiger partial charge on any atom is 0.302 e. The van der Waals surface area contributed by atoms with E-state index in [9.17, 15) is 8.42 Å². The van der Waals surface area contributed by atoms with Gasteiger partial charge in [-0.1, -0.05) is 6.42 Å². The predicted octanol–water partition coefficient (Wildman–Crippen LogP) is 2.10. The van der Waals surface area contributed by atoms with Crippen LogP contribution in [0.2, 0.25) is 0 Å². The fourth-order valence-corrected chi connectivity index (χ4v) is 3.98. The van der Waals surface area contributed by atoms with Crippen LogP contribution in [-0.4, -0.2) is 32.4 Å². The molecule has 21 heavy (non-hydrogen) atoms. The molecule has 1 N–H and O–H groups in total. The third-order valence-electron chi connectivity index (χ3n) is 3.62. The Morgan fingerprint density at radius 3 is 2.81 bits per heavy atom. The minimum atomic E-state index is -3.62. The normalized spacial score (nSPS) is 19.8. The van der Waals surface area contributed by atoms with E-state index in [1.807, 2.05) is 13.0 Å². The van der Waals surface area contributed by atoms with Crippen molar-refractivity contribution >= 4 is 15.9 Å². The second-order valence-electron chi connectivity index (χ2n) is 5.09. The van der Waals surface area contributed by atoms with Crippen molar-refractivity contribution in [3.05, 3.63) is 23.8 Å². The first-order chi connectivity index (χ1) is 9.97. The number of piperidine rings is 1. The number of nitrogens with zero attached hydrogens (tertiary/aromatic N) is 2. The molecular formula is C14H19N3O3S. The molecule has 0 spiro atoms. The van der Waals surface area contributed by atoms with Gasteiger partial charge in [0, 0.05) is 18.7 Å². The van der Waals surface area contributed by atoms with Crippen molar-refractivity contribution < 1.29 is 13.2 Å². The number of nitriles is 1. The van der Waals surface area contributed by atoms with E-state index in [1.54, 1.807) is 12.1 Å². The van der Waals surface area contributed by atoms with Crippen LogP contribution in [0.25, 0.3) is 0 Å². The summed E-state index contributed by atoms with van der Waals surface area (Å²) in [6.45, 7) is 2.43. The van der Waals surface area contributed by atoms with Gasteiger partial charge in [-0.05, 0) is 31.9 Å². The average Bonchev–Trinajstić information content (AvgIpc) is 2.47. The number of nitrogens with one attached hydrogen (secondary N) is 1. The van der Waals surface area contributed by atoms with Crippen LogP contribution in [0.4, 0.5) is 5.69 Å². The van der Waals surface area contributed by atoms with Gasteiger partial charge in [-0.2, -0.15) is 18.0 Å². The molecule has 0 aliphatic carbocycles. The minimum absolute atomic E-state index is 0.0133. The van der Waals surface area contributed by atoms with Crippen molar-refractivity contribution in [3.63, 3.8) is 0 Å². The number of rotatable bonds is 4. The van der Waals surface area contributed by atoms with Crippen LogP contribution in [-0.2, 0) is 10.2 Å². The first-order valence-corrected chi connectivity index (χ1v) is 8.29. The van der Waals surface area contributed by atoms with Crippen LogP contribution in [0.15, 0.2) is 18.2 Å². The lowest BCUT2D eigenvalue weighted by molar-refractivity contribution is 0.270. The van der Waals surface area contributed by atoms with Gasteiger partial charge < -0.3 is 4.74 Å². The van der Waals surface area contributed by atoms with Crippen LogP contribution in [0.1, 0.15) is 31.7 Å². The highest BCUT2D eigenvalue weighted by Crippen LogP contribution is 2.28. The summed E-state index contributed by atoms with van der Waals surface area (Å²) in [5.74, 6) is 0.335. The molecule has 2 rings (SSSR count). The van der Waals surface area contributed by atoms with Gasteiger partial charge in [0.2, 0.25) is 0 Å². The van der Waals surface area contributed by atoms with Gasteiger partial charge >= 0.3 is 10.2 Å². The topological polar surface area (TPSA) is 82.4 Å². The number of hydrogen-bond acceptors (Lipinski definition) is 4. The lowest BCUT2D eigenvalue weighted by Gasteiger charge is -2.32. The van der Waals surface area contributed by atoms with Gasteiger partial charge in [0.15, 0.2) is 0 Å². The molecule has 0 saturated carbocycles. The Kier molecular flexibility index (Phi) is 4.70. The fraction of sp³-hybridized carbons (Fsp3) is 0.500. The Bertz CT molecular complexity index is 652. The zero-order valence-electron chi connectivity index (χ0n) is 12.2. The van der Waals surface area contributed by atoms with Crippen molar-refractivity contribution in [2.45, 2.75) is 32.2 Å². The van der Waals surface area contributed by atoms with E-state index in [1.165, 1.54) is 17.5 Å². The molecule has 1 unspecified atom stereocenters. The van der Waals surface area contributed by atoms with Crippen molar-refractivity contribution in [1.29, 1.82) is 5.26 Å². The monoisotopic (exact) mass is 309 g/mol.